The molecule has 280 valence electrons. The normalized spacial score (nSPS) is 10.3. The van der Waals surface area contributed by atoms with Crippen LogP contribution in [0.25, 0.3) is 11.4 Å². The molecule has 16 nitrogen and oxygen atoms in total. The Morgan fingerprint density at radius 1 is 0.830 bits per heavy atom. The van der Waals surface area contributed by atoms with Crippen LogP contribution in [0.2, 0.25) is 0 Å². The van der Waals surface area contributed by atoms with Gasteiger partial charge in [-0.1, -0.05) is 39.4 Å². The van der Waals surface area contributed by atoms with Crippen molar-refractivity contribution in [3.05, 3.63) is 95.3 Å². The Labute approximate surface area is 324 Å². The second kappa shape index (κ2) is 24.0. The molecule has 5 aromatic rings. The zero-order valence-electron chi connectivity index (χ0n) is 29.5. The Bertz CT molecular complexity index is 1910. The molecule has 5 heterocycles. The Kier molecular flexibility index (Phi) is 19.8. The monoisotopic (exact) mass is 826 g/mol. The molecule has 0 aliphatic carbocycles. The van der Waals surface area contributed by atoms with Crippen LogP contribution in [0.4, 0.5) is 17.0 Å². The maximum Gasteiger partial charge on any atom is 0.350 e. The molecule has 1 unspecified atom stereocenters. The van der Waals surface area contributed by atoms with Gasteiger partial charge in [0.25, 0.3) is 0 Å². The summed E-state index contributed by atoms with van der Waals surface area (Å²) >= 11 is 8.77. The summed E-state index contributed by atoms with van der Waals surface area (Å²) in [5.41, 5.74) is 8.27. The lowest BCUT2D eigenvalue weighted by molar-refractivity contribution is -0.141. The molecular weight excluding hydrogens is 788 g/mol. The molecule has 5 N–H and O–H groups in total. The summed E-state index contributed by atoms with van der Waals surface area (Å²) in [7, 11) is 0. The number of esters is 2. The molecule has 0 fully saturated rings. The number of anilines is 3. The lowest BCUT2D eigenvalue weighted by atomic mass is 10.1. The Morgan fingerprint density at radius 2 is 1.36 bits per heavy atom. The molecule has 0 radical (unpaired) electrons. The fourth-order valence-corrected chi connectivity index (χ4v) is 5.02. The lowest BCUT2D eigenvalue weighted by Gasteiger charge is -2.08. The molecule has 0 saturated carbocycles. The fraction of sp³-hybridized carbons (Fsp3) is 0.265. The molecule has 19 heteroatoms. The summed E-state index contributed by atoms with van der Waals surface area (Å²) in [6, 6.07) is 10.7. The van der Waals surface area contributed by atoms with Gasteiger partial charge in [0.15, 0.2) is 15.1 Å². The van der Waals surface area contributed by atoms with Crippen molar-refractivity contribution in [3.63, 3.8) is 0 Å². The number of aryl methyl sites for hydroxylation is 2. The van der Waals surface area contributed by atoms with Crippen molar-refractivity contribution in [2.24, 2.45) is 5.73 Å². The quantitative estimate of drug-likeness (QED) is 0.0463. The summed E-state index contributed by atoms with van der Waals surface area (Å²) < 4.78 is 9.89. The van der Waals surface area contributed by atoms with Crippen molar-refractivity contribution in [3.8, 4) is 11.4 Å². The minimum Gasteiger partial charge on any atom is -0.465 e. The van der Waals surface area contributed by atoms with Gasteiger partial charge in [0, 0.05) is 43.8 Å². The maximum atomic E-state index is 12.3. The highest BCUT2D eigenvalue weighted by molar-refractivity contribution is 9.10. The number of pyridine rings is 2. The summed E-state index contributed by atoms with van der Waals surface area (Å²) in [4.78, 5) is 63.6. The maximum absolute atomic E-state index is 12.3. The second-order valence-corrected chi connectivity index (χ2v) is 12.2. The molecule has 0 amide bonds. The van der Waals surface area contributed by atoms with Crippen molar-refractivity contribution < 1.29 is 29.0 Å². The number of ketones is 1. The number of nitrogens with one attached hydrogen (secondary N) is 2. The van der Waals surface area contributed by atoms with Crippen LogP contribution in [-0.4, -0.2) is 87.5 Å². The van der Waals surface area contributed by atoms with Crippen LogP contribution in [0, 0.1) is 13.8 Å². The van der Waals surface area contributed by atoms with Gasteiger partial charge in [-0.25, -0.2) is 29.7 Å². The first-order valence-corrected chi connectivity index (χ1v) is 18.0. The van der Waals surface area contributed by atoms with Gasteiger partial charge in [-0.2, -0.15) is 0 Å². The van der Waals surface area contributed by atoms with Crippen LogP contribution in [0.15, 0.2) is 73.6 Å². The van der Waals surface area contributed by atoms with Crippen molar-refractivity contribution in [1.82, 2.24) is 34.9 Å². The van der Waals surface area contributed by atoms with Crippen molar-refractivity contribution in [1.29, 1.82) is 0 Å². The third kappa shape index (κ3) is 15.0. The predicted octanol–water partition coefficient (Wildman–Crippen LogP) is 5.25. The third-order valence-corrected chi connectivity index (χ3v) is 7.72. The summed E-state index contributed by atoms with van der Waals surface area (Å²) in [6.45, 7) is 9.61. The minimum absolute atomic E-state index is 0.172. The van der Waals surface area contributed by atoms with Crippen LogP contribution in [0.1, 0.15) is 52.1 Å². The number of halogens is 1. The number of rotatable bonds is 10. The number of aliphatic hydroxyl groups excluding tert-OH is 1. The highest BCUT2D eigenvalue weighted by atomic mass is 79.9. The number of carbonyl (C=O) groups is 3. The van der Waals surface area contributed by atoms with Crippen LogP contribution < -0.4 is 16.4 Å². The highest BCUT2D eigenvalue weighted by Crippen LogP contribution is 2.33. The van der Waals surface area contributed by atoms with Crippen LogP contribution >= 0.6 is 39.5 Å². The zero-order chi connectivity index (χ0) is 39.2. The molecule has 0 bridgehead atoms. The van der Waals surface area contributed by atoms with Gasteiger partial charge in [0.2, 0.25) is 17.7 Å². The average Bonchev–Trinajstić information content (AvgIpc) is 3.56. The van der Waals surface area contributed by atoms with Gasteiger partial charge in [0.1, 0.15) is 16.3 Å². The first-order chi connectivity index (χ1) is 25.5. The molecular formula is C34H39BrN10O6S2. The molecule has 1 atom stereocenters. The summed E-state index contributed by atoms with van der Waals surface area (Å²) in [6.07, 6.45) is 9.65. The van der Waals surface area contributed by atoms with Gasteiger partial charge < -0.3 is 30.9 Å². The summed E-state index contributed by atoms with van der Waals surface area (Å²) in [5.74, 6) is -0.549. The van der Waals surface area contributed by atoms with Crippen molar-refractivity contribution >= 4 is 79.3 Å². The van der Waals surface area contributed by atoms with E-state index in [9.17, 15) is 14.4 Å². The van der Waals surface area contributed by atoms with Gasteiger partial charge in [0.05, 0.1) is 18.9 Å². The molecule has 0 aliphatic heterocycles. The molecule has 0 aromatic carbocycles. The molecule has 53 heavy (non-hydrogen) atoms. The number of ether oxygens (including phenoxy) is 2. The minimum atomic E-state index is -0.985. The number of hydrogen-bond acceptors (Lipinski definition) is 16. The number of Topliss-reactive ketones (excluding diaryl/α,β-unsaturated/α-hetero) is 1. The van der Waals surface area contributed by atoms with E-state index in [1.54, 1.807) is 82.9 Å². The molecule has 5 rings (SSSR count). The van der Waals surface area contributed by atoms with E-state index < -0.39 is 16.8 Å². The van der Waals surface area contributed by atoms with E-state index >= 15 is 0 Å². The van der Waals surface area contributed by atoms with E-state index in [0.29, 0.717) is 39.9 Å². The van der Waals surface area contributed by atoms with Crippen molar-refractivity contribution in [2.75, 3.05) is 30.5 Å². The average molecular weight is 828 g/mol. The number of alkyl halides is 1. The molecule has 0 spiro atoms. The Morgan fingerprint density at radius 3 is 1.89 bits per heavy atom. The molecule has 5 aromatic heterocycles. The van der Waals surface area contributed by atoms with E-state index in [4.69, 9.17) is 20.3 Å². The third-order valence-electron chi connectivity index (χ3n) is 5.87. The van der Waals surface area contributed by atoms with Gasteiger partial charge in [-0.3, -0.25) is 19.6 Å². The Balaban J connectivity index is 0.000000288. The number of aromatic nitrogens is 7. The summed E-state index contributed by atoms with van der Waals surface area (Å²) in [5, 5.41) is 13.8. The number of thiocarbonyl (C=S) groups is 1. The fourth-order valence-electron chi connectivity index (χ4n) is 3.72. The number of nitrogens with two attached hydrogens (primary N) is 1. The first kappa shape index (κ1) is 43.8. The topological polar surface area (TPSA) is 230 Å². The number of thiazole rings is 1. The van der Waals surface area contributed by atoms with Crippen molar-refractivity contribution in [2.45, 2.75) is 39.4 Å². The highest BCUT2D eigenvalue weighted by Gasteiger charge is 2.28. The number of hydrogen-bond donors (Lipinski definition) is 4. The number of nitrogens with zero attached hydrogens (tertiary/aromatic N) is 7. The van der Waals surface area contributed by atoms with Crippen LogP contribution in [0.3, 0.4) is 0 Å². The number of aliphatic hydroxyl groups is 1. The van der Waals surface area contributed by atoms with E-state index in [0.717, 1.165) is 11.1 Å². The predicted molar refractivity (Wildman–Crippen MR) is 209 cm³/mol. The zero-order valence-corrected chi connectivity index (χ0v) is 32.7. The molecule has 0 aliphatic rings. The standard InChI is InChI=1S/C16H15N5O2S.C11H12BrNO3.C5H6N4S.C2H6O/c1-3-23-14(22)13-12(11-10(2)6-4-7-17-11)20-16(24-13)21-15-18-8-5-9-19-15;1-3-16-11(15)8(12)10(14)9-7(2)5-4-6-13-9;6-4(10)9-5-7-2-1-3-8-5;1-2-3/h4-9H,3H2,1-2H3,(H,18,19,20,21);4-6,8H,3H2,1-2H3;1-3H,(H3,6,7,8,9,10);3H,2H2,1H3. The van der Waals surface area contributed by atoms with E-state index in [2.05, 4.69) is 73.7 Å². The first-order valence-electron chi connectivity index (χ1n) is 15.8. The smallest absolute Gasteiger partial charge is 0.350 e. The van der Waals surface area contributed by atoms with E-state index in [1.807, 2.05) is 19.1 Å². The van der Waals surface area contributed by atoms with E-state index in [-0.39, 0.29) is 29.8 Å². The molecule has 0 saturated heterocycles. The van der Waals surface area contributed by atoms with Gasteiger partial charge >= 0.3 is 11.9 Å². The van der Waals surface area contributed by atoms with E-state index in [1.165, 1.54) is 17.5 Å². The largest absolute Gasteiger partial charge is 0.465 e. The van der Waals surface area contributed by atoms with Crippen LogP contribution in [0.5, 0.6) is 0 Å². The van der Waals surface area contributed by atoms with Gasteiger partial charge in [-0.15, -0.1) is 0 Å². The number of carbonyl (C=O) groups excluding carboxylic acids is 3. The van der Waals surface area contributed by atoms with Crippen LogP contribution in [-0.2, 0) is 14.3 Å². The SMILES string of the molecule is CCO.CCOC(=O)C(Br)C(=O)c1ncccc1C.CCOC(=O)c1sc(Nc2ncccn2)nc1-c1ncccc1C.NC(=S)Nc1ncccn1. The Hall–Kier alpha value is -5.37. The van der Waals surface area contributed by atoms with Gasteiger partial charge in [-0.05, 0) is 82.2 Å². The second-order valence-electron chi connectivity index (χ2n) is 9.81. The lowest BCUT2D eigenvalue weighted by Crippen LogP contribution is -2.27.